The topological polar surface area (TPSA) is 72.7 Å². The summed E-state index contributed by atoms with van der Waals surface area (Å²) in [5.74, 6) is 1.78. The van der Waals surface area contributed by atoms with E-state index in [-0.39, 0.29) is 35.9 Å². The average molecular weight is 539 g/mol. The van der Waals surface area contributed by atoms with Crippen LogP contribution >= 0.6 is 24.0 Å². The summed E-state index contributed by atoms with van der Waals surface area (Å²) in [5, 5.41) is 6.40. The zero-order chi connectivity index (χ0) is 21.3. The minimum atomic E-state index is -0.310. The molecule has 1 atom stereocenters. The van der Waals surface area contributed by atoms with Gasteiger partial charge in [-0.1, -0.05) is 12.1 Å². The third-order valence-electron chi connectivity index (χ3n) is 4.41. The number of ether oxygens (including phenoxy) is 2. The lowest BCUT2D eigenvalue weighted by Gasteiger charge is -2.18. The molecule has 3 rings (SSSR count). The van der Waals surface area contributed by atoms with E-state index in [1.807, 2.05) is 37.3 Å². The average Bonchev–Trinajstić information content (AvgIpc) is 3.28. The Morgan fingerprint density at radius 2 is 2.00 bits per heavy atom. The van der Waals surface area contributed by atoms with Gasteiger partial charge in [0, 0.05) is 32.1 Å². The van der Waals surface area contributed by atoms with Crippen LogP contribution in [0.3, 0.4) is 0 Å². The normalized spacial score (nSPS) is 11.9. The van der Waals surface area contributed by atoms with Crippen LogP contribution < -0.4 is 20.1 Å². The van der Waals surface area contributed by atoms with Crippen molar-refractivity contribution < 1.29 is 13.9 Å². The zero-order valence-corrected chi connectivity index (χ0v) is 20.0. The van der Waals surface area contributed by atoms with Crippen LogP contribution in [0.1, 0.15) is 12.5 Å². The fraction of sp³-hybridized carbons (Fsp3) is 0.273. The van der Waals surface area contributed by atoms with E-state index in [9.17, 15) is 4.39 Å². The SMILES string of the molecule is CN=C(NCc1ccc(-n2ccnc2)c(F)c1)NCC(C)Oc1cccc(OC)c1.I. The smallest absolute Gasteiger partial charge is 0.191 e. The predicted octanol–water partition coefficient (Wildman–Crippen LogP) is 3.77. The molecule has 0 aliphatic rings. The number of imidazole rings is 1. The molecule has 0 saturated carbocycles. The van der Waals surface area contributed by atoms with E-state index in [0.29, 0.717) is 24.7 Å². The second-order valence-electron chi connectivity index (χ2n) is 6.67. The van der Waals surface area contributed by atoms with E-state index in [0.717, 1.165) is 17.1 Å². The molecular formula is C22H27FIN5O2. The lowest BCUT2D eigenvalue weighted by molar-refractivity contribution is 0.223. The molecule has 0 radical (unpaired) electrons. The fourth-order valence-corrected chi connectivity index (χ4v) is 2.87. The Hall–Kier alpha value is -2.82. The molecule has 0 saturated heterocycles. The Labute approximate surface area is 198 Å². The molecule has 31 heavy (non-hydrogen) atoms. The molecule has 7 nitrogen and oxygen atoms in total. The van der Waals surface area contributed by atoms with E-state index in [2.05, 4.69) is 20.6 Å². The molecule has 1 unspecified atom stereocenters. The number of hydrogen-bond acceptors (Lipinski definition) is 4. The summed E-state index contributed by atoms with van der Waals surface area (Å²) in [7, 11) is 3.31. The highest BCUT2D eigenvalue weighted by Crippen LogP contribution is 2.19. The number of nitrogens with one attached hydrogen (secondary N) is 2. The largest absolute Gasteiger partial charge is 0.497 e. The first-order valence-electron chi connectivity index (χ1n) is 9.61. The maximum Gasteiger partial charge on any atom is 0.191 e. The predicted molar refractivity (Wildman–Crippen MR) is 130 cm³/mol. The van der Waals surface area contributed by atoms with Gasteiger partial charge in [-0.05, 0) is 36.8 Å². The van der Waals surface area contributed by atoms with Crippen LogP contribution in [0.5, 0.6) is 11.5 Å². The van der Waals surface area contributed by atoms with Gasteiger partial charge >= 0.3 is 0 Å². The highest BCUT2D eigenvalue weighted by atomic mass is 127. The molecule has 0 aliphatic carbocycles. The lowest BCUT2D eigenvalue weighted by Crippen LogP contribution is -2.41. The summed E-state index contributed by atoms with van der Waals surface area (Å²) in [6.07, 6.45) is 4.79. The van der Waals surface area contributed by atoms with Gasteiger partial charge in [0.15, 0.2) is 5.96 Å². The van der Waals surface area contributed by atoms with E-state index in [1.165, 1.54) is 6.07 Å². The Balaban J connectivity index is 0.00000341. The van der Waals surface area contributed by atoms with Gasteiger partial charge in [-0.15, -0.1) is 24.0 Å². The van der Waals surface area contributed by atoms with Gasteiger partial charge in [0.2, 0.25) is 0 Å². The molecule has 0 spiro atoms. The molecule has 1 heterocycles. The Morgan fingerprint density at radius 3 is 2.68 bits per heavy atom. The van der Waals surface area contributed by atoms with Gasteiger partial charge in [-0.3, -0.25) is 4.99 Å². The highest BCUT2D eigenvalue weighted by Gasteiger charge is 2.08. The summed E-state index contributed by atoms with van der Waals surface area (Å²) in [5.41, 5.74) is 1.27. The molecule has 0 amide bonds. The van der Waals surface area contributed by atoms with Gasteiger partial charge < -0.3 is 24.7 Å². The number of methoxy groups -OCH3 is 1. The molecule has 166 valence electrons. The fourth-order valence-electron chi connectivity index (χ4n) is 2.87. The van der Waals surface area contributed by atoms with Crippen LogP contribution in [0.4, 0.5) is 4.39 Å². The van der Waals surface area contributed by atoms with Crippen molar-refractivity contribution in [2.24, 2.45) is 4.99 Å². The van der Waals surface area contributed by atoms with Crippen LogP contribution in [0, 0.1) is 5.82 Å². The number of guanidine groups is 1. The van der Waals surface area contributed by atoms with Gasteiger partial charge in [-0.25, -0.2) is 9.37 Å². The van der Waals surface area contributed by atoms with Crippen molar-refractivity contribution in [1.29, 1.82) is 0 Å². The molecule has 0 bridgehead atoms. The molecular weight excluding hydrogens is 512 g/mol. The maximum atomic E-state index is 14.4. The second-order valence-corrected chi connectivity index (χ2v) is 6.67. The molecule has 1 aromatic heterocycles. The third kappa shape index (κ3) is 7.12. The van der Waals surface area contributed by atoms with Crippen molar-refractivity contribution in [3.63, 3.8) is 0 Å². The van der Waals surface area contributed by atoms with Crippen LogP contribution in [0.25, 0.3) is 5.69 Å². The van der Waals surface area contributed by atoms with Gasteiger partial charge in [0.25, 0.3) is 0 Å². The van der Waals surface area contributed by atoms with Crippen molar-refractivity contribution >= 4 is 29.9 Å². The minimum Gasteiger partial charge on any atom is -0.497 e. The van der Waals surface area contributed by atoms with Crippen LogP contribution in [-0.2, 0) is 6.54 Å². The number of nitrogens with zero attached hydrogens (tertiary/aromatic N) is 3. The maximum absolute atomic E-state index is 14.4. The summed E-state index contributed by atoms with van der Waals surface area (Å²) >= 11 is 0. The number of benzene rings is 2. The van der Waals surface area contributed by atoms with Crippen molar-refractivity contribution in [3.05, 3.63) is 72.6 Å². The van der Waals surface area contributed by atoms with E-state index in [1.54, 1.807) is 43.5 Å². The Kier molecular flexibility index (Phi) is 9.57. The zero-order valence-electron chi connectivity index (χ0n) is 17.7. The van der Waals surface area contributed by atoms with Crippen LogP contribution in [0.2, 0.25) is 0 Å². The van der Waals surface area contributed by atoms with E-state index >= 15 is 0 Å². The van der Waals surface area contributed by atoms with Gasteiger partial charge in [-0.2, -0.15) is 0 Å². The molecule has 2 aromatic carbocycles. The first-order chi connectivity index (χ1) is 14.6. The van der Waals surface area contributed by atoms with E-state index < -0.39 is 0 Å². The summed E-state index contributed by atoms with van der Waals surface area (Å²) < 4.78 is 27.1. The lowest BCUT2D eigenvalue weighted by atomic mass is 10.2. The van der Waals surface area contributed by atoms with Crippen molar-refractivity contribution in [2.45, 2.75) is 19.6 Å². The molecule has 9 heteroatoms. The number of rotatable bonds is 8. The number of aromatic nitrogens is 2. The van der Waals surface area contributed by atoms with Crippen molar-refractivity contribution in [1.82, 2.24) is 20.2 Å². The molecule has 0 aliphatic heterocycles. The summed E-state index contributed by atoms with van der Waals surface area (Å²) in [6, 6.07) is 12.6. The minimum absolute atomic E-state index is 0. The first kappa shape index (κ1) is 24.4. The van der Waals surface area contributed by atoms with Gasteiger partial charge in [0.05, 0.1) is 25.7 Å². The summed E-state index contributed by atoms with van der Waals surface area (Å²) in [4.78, 5) is 8.15. The number of halogens is 2. The van der Waals surface area contributed by atoms with E-state index in [4.69, 9.17) is 9.47 Å². The number of hydrogen-bond donors (Lipinski definition) is 2. The number of aliphatic imine (C=N–C) groups is 1. The Morgan fingerprint density at radius 1 is 1.19 bits per heavy atom. The molecule has 0 fully saturated rings. The van der Waals surface area contributed by atoms with Crippen LogP contribution in [0.15, 0.2) is 66.2 Å². The van der Waals surface area contributed by atoms with Crippen molar-refractivity contribution in [3.8, 4) is 17.2 Å². The van der Waals surface area contributed by atoms with Gasteiger partial charge in [0.1, 0.15) is 23.4 Å². The highest BCUT2D eigenvalue weighted by molar-refractivity contribution is 14.0. The molecule has 2 N–H and O–H groups in total. The quantitative estimate of drug-likeness (QED) is 0.259. The Bertz CT molecular complexity index is 982. The molecule has 3 aromatic rings. The monoisotopic (exact) mass is 539 g/mol. The van der Waals surface area contributed by atoms with Crippen molar-refractivity contribution in [2.75, 3.05) is 20.7 Å². The third-order valence-corrected chi connectivity index (χ3v) is 4.41. The second kappa shape index (κ2) is 12.1. The van der Waals surface area contributed by atoms with Crippen LogP contribution in [-0.4, -0.2) is 42.3 Å². The first-order valence-corrected chi connectivity index (χ1v) is 9.61. The standard InChI is InChI=1S/C22H26FN5O2.HI/c1-16(30-19-6-4-5-18(12-19)29-3)13-26-22(24-2)27-14-17-7-8-21(20(23)11-17)28-10-9-25-15-28;/h4-12,15-16H,13-14H2,1-3H3,(H2,24,26,27);1H. The summed E-state index contributed by atoms with van der Waals surface area (Å²) in [6.45, 7) is 2.95.